The topological polar surface area (TPSA) is 57.6 Å². The zero-order valence-corrected chi connectivity index (χ0v) is 11.5. The minimum Gasteiger partial charge on any atom is -0.481 e. The maximum absolute atomic E-state index is 12.6. The lowest BCUT2D eigenvalue weighted by atomic mass is 10.00. The molecule has 0 bridgehead atoms. The monoisotopic (exact) mass is 265 g/mol. The summed E-state index contributed by atoms with van der Waals surface area (Å²) in [6, 6.07) is 0.441. The van der Waals surface area contributed by atoms with Crippen LogP contribution in [0.4, 0.5) is 0 Å². The molecule has 0 radical (unpaired) electrons. The Balaban J connectivity index is 1.61. The fraction of sp³-hybridized carbons (Fsp3) is 0.867. The van der Waals surface area contributed by atoms with Gasteiger partial charge in [-0.15, -0.1) is 0 Å². The van der Waals surface area contributed by atoms with Gasteiger partial charge in [-0.1, -0.05) is 0 Å². The smallest absolute Gasteiger partial charge is 0.306 e. The summed E-state index contributed by atoms with van der Waals surface area (Å²) >= 11 is 0. The van der Waals surface area contributed by atoms with E-state index in [4.69, 9.17) is 5.11 Å². The van der Waals surface area contributed by atoms with Crippen LogP contribution in [0.15, 0.2) is 0 Å². The summed E-state index contributed by atoms with van der Waals surface area (Å²) in [5.41, 5.74) is 0. The number of aliphatic carboxylic acids is 1. The zero-order chi connectivity index (χ0) is 13.6. The van der Waals surface area contributed by atoms with E-state index < -0.39 is 5.97 Å². The van der Waals surface area contributed by atoms with E-state index in [9.17, 15) is 9.59 Å². The highest BCUT2D eigenvalue weighted by Gasteiger charge is 2.46. The number of carbonyl (C=O) groups excluding carboxylic acids is 1. The van der Waals surface area contributed by atoms with Gasteiger partial charge in [0.25, 0.3) is 0 Å². The Morgan fingerprint density at radius 1 is 1.00 bits per heavy atom. The molecule has 3 saturated carbocycles. The molecule has 1 amide bonds. The molecule has 3 fully saturated rings. The van der Waals surface area contributed by atoms with E-state index in [0.717, 1.165) is 18.3 Å². The molecule has 0 aromatic heterocycles. The normalized spacial score (nSPS) is 30.6. The third-order valence-corrected chi connectivity index (χ3v) is 5.14. The van der Waals surface area contributed by atoms with E-state index in [1.807, 2.05) is 11.9 Å². The molecule has 3 aliphatic carbocycles. The summed E-state index contributed by atoms with van der Waals surface area (Å²) in [6.45, 7) is 0. The highest BCUT2D eigenvalue weighted by atomic mass is 16.4. The van der Waals surface area contributed by atoms with Crippen LogP contribution in [0.5, 0.6) is 0 Å². The number of hydrogen-bond acceptors (Lipinski definition) is 2. The van der Waals surface area contributed by atoms with Crippen LogP contribution in [0.2, 0.25) is 0 Å². The SMILES string of the molecule is CN(C(=O)[C@@H]1CC[C@H](C(=O)O)C1)C(C1CC1)C1CC1. The molecular formula is C15H23NO3. The van der Waals surface area contributed by atoms with Gasteiger partial charge in [0.15, 0.2) is 0 Å². The quantitative estimate of drug-likeness (QED) is 0.828. The van der Waals surface area contributed by atoms with Crippen molar-refractivity contribution >= 4 is 11.9 Å². The number of carboxylic acids is 1. The number of carboxylic acid groups (broad SMARTS) is 1. The number of carbonyl (C=O) groups is 2. The van der Waals surface area contributed by atoms with E-state index in [0.29, 0.717) is 18.9 Å². The third kappa shape index (κ3) is 2.63. The Kier molecular flexibility index (Phi) is 3.27. The van der Waals surface area contributed by atoms with Crippen molar-refractivity contribution in [2.75, 3.05) is 7.05 Å². The maximum atomic E-state index is 12.6. The van der Waals surface area contributed by atoms with Crippen LogP contribution in [-0.4, -0.2) is 35.0 Å². The van der Waals surface area contributed by atoms with Gasteiger partial charge < -0.3 is 10.0 Å². The van der Waals surface area contributed by atoms with E-state index in [1.165, 1.54) is 25.7 Å². The van der Waals surface area contributed by atoms with Gasteiger partial charge >= 0.3 is 5.97 Å². The number of nitrogens with zero attached hydrogens (tertiary/aromatic N) is 1. The first kappa shape index (κ1) is 12.9. The Morgan fingerprint density at radius 2 is 1.53 bits per heavy atom. The van der Waals surface area contributed by atoms with Gasteiger partial charge in [0, 0.05) is 19.0 Å². The minimum atomic E-state index is -0.737. The van der Waals surface area contributed by atoms with Crippen molar-refractivity contribution in [3.8, 4) is 0 Å². The molecule has 0 aliphatic heterocycles. The van der Waals surface area contributed by atoms with Gasteiger partial charge in [-0.2, -0.15) is 0 Å². The molecule has 1 N–H and O–H groups in total. The lowest BCUT2D eigenvalue weighted by molar-refractivity contribution is -0.142. The van der Waals surface area contributed by atoms with Crippen LogP contribution in [0, 0.1) is 23.7 Å². The third-order valence-electron chi connectivity index (χ3n) is 5.14. The molecule has 0 spiro atoms. The molecule has 19 heavy (non-hydrogen) atoms. The van der Waals surface area contributed by atoms with Gasteiger partial charge in [-0.05, 0) is 56.8 Å². The second-order valence-corrected chi connectivity index (χ2v) is 6.66. The van der Waals surface area contributed by atoms with Crippen LogP contribution >= 0.6 is 0 Å². The van der Waals surface area contributed by atoms with E-state index in [2.05, 4.69) is 0 Å². The number of hydrogen-bond donors (Lipinski definition) is 1. The van der Waals surface area contributed by atoms with Crippen molar-refractivity contribution in [2.24, 2.45) is 23.7 Å². The second-order valence-electron chi connectivity index (χ2n) is 6.66. The summed E-state index contributed by atoms with van der Waals surface area (Å²) < 4.78 is 0. The Labute approximate surface area is 114 Å². The summed E-state index contributed by atoms with van der Waals surface area (Å²) in [6.07, 6.45) is 7.02. The fourth-order valence-corrected chi connectivity index (χ4v) is 3.76. The molecule has 3 rings (SSSR count). The summed E-state index contributed by atoms with van der Waals surface area (Å²) in [7, 11) is 1.94. The van der Waals surface area contributed by atoms with E-state index in [1.54, 1.807) is 0 Å². The first-order valence-corrected chi connectivity index (χ1v) is 7.57. The van der Waals surface area contributed by atoms with Crippen LogP contribution in [-0.2, 0) is 9.59 Å². The lowest BCUT2D eigenvalue weighted by Crippen LogP contribution is -2.42. The Morgan fingerprint density at radius 3 is 1.95 bits per heavy atom. The summed E-state index contributed by atoms with van der Waals surface area (Å²) in [5, 5.41) is 9.03. The maximum Gasteiger partial charge on any atom is 0.306 e. The largest absolute Gasteiger partial charge is 0.481 e. The van der Waals surface area contributed by atoms with Gasteiger partial charge in [-0.25, -0.2) is 0 Å². The highest BCUT2D eigenvalue weighted by Crippen LogP contribution is 2.47. The predicted molar refractivity (Wildman–Crippen MR) is 70.5 cm³/mol. The van der Waals surface area contributed by atoms with Crippen molar-refractivity contribution in [2.45, 2.75) is 51.0 Å². The molecule has 0 aromatic rings. The van der Waals surface area contributed by atoms with E-state index >= 15 is 0 Å². The minimum absolute atomic E-state index is 0.0499. The van der Waals surface area contributed by atoms with E-state index in [-0.39, 0.29) is 17.7 Å². The van der Waals surface area contributed by atoms with Crippen LogP contribution in [0.3, 0.4) is 0 Å². The van der Waals surface area contributed by atoms with Crippen LogP contribution in [0.1, 0.15) is 44.9 Å². The lowest BCUT2D eigenvalue weighted by Gasteiger charge is -2.30. The fourth-order valence-electron chi connectivity index (χ4n) is 3.76. The highest BCUT2D eigenvalue weighted by molar-refractivity contribution is 5.81. The first-order valence-electron chi connectivity index (χ1n) is 7.57. The molecule has 4 nitrogen and oxygen atoms in total. The number of amides is 1. The Bertz CT molecular complexity index is 375. The van der Waals surface area contributed by atoms with Gasteiger partial charge in [-0.3, -0.25) is 9.59 Å². The Hall–Kier alpha value is -1.06. The average Bonchev–Trinajstić information content (AvgIpc) is 3.30. The van der Waals surface area contributed by atoms with Crippen molar-refractivity contribution in [1.29, 1.82) is 0 Å². The molecule has 0 unspecified atom stereocenters. The number of rotatable bonds is 5. The summed E-state index contributed by atoms with van der Waals surface area (Å²) in [5.74, 6) is 0.552. The van der Waals surface area contributed by atoms with Crippen LogP contribution in [0.25, 0.3) is 0 Å². The van der Waals surface area contributed by atoms with Crippen LogP contribution < -0.4 is 0 Å². The molecule has 3 aliphatic rings. The standard InChI is InChI=1S/C15H23NO3/c1-16(13(9-2-3-9)10-4-5-10)14(17)11-6-7-12(8-11)15(18)19/h9-13H,2-8H2,1H3,(H,18,19)/t11-,12+/m1/s1. The van der Waals surface area contributed by atoms with Gasteiger partial charge in [0.05, 0.1) is 5.92 Å². The average molecular weight is 265 g/mol. The van der Waals surface area contributed by atoms with Gasteiger partial charge in [0.2, 0.25) is 5.91 Å². The van der Waals surface area contributed by atoms with Crippen molar-refractivity contribution in [3.05, 3.63) is 0 Å². The zero-order valence-electron chi connectivity index (χ0n) is 11.5. The second kappa shape index (κ2) is 4.80. The molecular weight excluding hydrogens is 242 g/mol. The molecule has 0 heterocycles. The first-order chi connectivity index (χ1) is 9.08. The van der Waals surface area contributed by atoms with Crippen molar-refractivity contribution in [1.82, 2.24) is 4.90 Å². The molecule has 2 atom stereocenters. The molecule has 0 saturated heterocycles. The van der Waals surface area contributed by atoms with Crippen molar-refractivity contribution < 1.29 is 14.7 Å². The summed E-state index contributed by atoms with van der Waals surface area (Å²) in [4.78, 5) is 25.5. The molecule has 106 valence electrons. The molecule has 0 aromatic carbocycles. The van der Waals surface area contributed by atoms with Gasteiger partial charge in [0.1, 0.15) is 0 Å². The predicted octanol–water partition coefficient (Wildman–Crippen LogP) is 2.13. The van der Waals surface area contributed by atoms with Crippen molar-refractivity contribution in [3.63, 3.8) is 0 Å². The molecule has 4 heteroatoms.